The van der Waals surface area contributed by atoms with Crippen molar-refractivity contribution in [2.45, 2.75) is 19.9 Å². The number of benzene rings is 1. The van der Waals surface area contributed by atoms with Crippen LogP contribution in [0.4, 0.5) is 0 Å². The van der Waals surface area contributed by atoms with Crippen molar-refractivity contribution in [1.82, 2.24) is 23.9 Å². The van der Waals surface area contributed by atoms with Crippen molar-refractivity contribution in [1.29, 1.82) is 0 Å². The van der Waals surface area contributed by atoms with Crippen molar-refractivity contribution in [2.75, 3.05) is 0 Å². The van der Waals surface area contributed by atoms with E-state index in [4.69, 9.17) is 11.6 Å². The largest absolute Gasteiger partial charge is 0.337 e. The third kappa shape index (κ3) is 3.42. The lowest BCUT2D eigenvalue weighted by Crippen LogP contribution is -2.40. The molecule has 0 radical (unpaired) electrons. The highest BCUT2D eigenvalue weighted by molar-refractivity contribution is 6.32. The smallest absolute Gasteiger partial charge is 0.287 e. The molecule has 0 spiro atoms. The predicted molar refractivity (Wildman–Crippen MR) is 116 cm³/mol. The van der Waals surface area contributed by atoms with Gasteiger partial charge in [0.1, 0.15) is 0 Å². The zero-order chi connectivity index (χ0) is 21.4. The molecular weight excluding hydrogens is 402 g/mol. The normalized spacial score (nSPS) is 11.0. The van der Waals surface area contributed by atoms with Crippen LogP contribution < -0.4 is 11.2 Å². The number of hydrogen-bond acceptors (Lipinski definition) is 4. The second kappa shape index (κ2) is 7.65. The quantitative estimate of drug-likeness (QED) is 0.468. The molecule has 0 aliphatic heterocycles. The topological polar surface area (TPSA) is 74.7 Å². The van der Waals surface area contributed by atoms with E-state index in [1.54, 1.807) is 19.3 Å². The Bertz CT molecular complexity index is 1440. The maximum Gasteiger partial charge on any atom is 0.337 e. The third-order valence-corrected chi connectivity index (χ3v) is 4.83. The standard InChI is InChI=1S/C22H18ClN5O2/c1-14(2)27-18-13-26(3)25-19(18)21(29)28(22(27)30)20-17(23)11-16(12-24-20)10-9-15-7-5-4-6-8-15/h4-8,11-14H,1-3H3. The van der Waals surface area contributed by atoms with Gasteiger partial charge in [-0.25, -0.2) is 14.3 Å². The van der Waals surface area contributed by atoms with E-state index < -0.39 is 11.2 Å². The van der Waals surface area contributed by atoms with E-state index in [1.807, 2.05) is 44.2 Å². The average Bonchev–Trinajstić information content (AvgIpc) is 3.09. The van der Waals surface area contributed by atoms with Crippen LogP contribution in [-0.2, 0) is 7.05 Å². The van der Waals surface area contributed by atoms with Crippen molar-refractivity contribution in [3.05, 3.63) is 85.8 Å². The van der Waals surface area contributed by atoms with Gasteiger partial charge >= 0.3 is 5.69 Å². The second-order valence-corrected chi connectivity index (χ2v) is 7.48. The van der Waals surface area contributed by atoms with Crippen LogP contribution in [0.2, 0.25) is 5.02 Å². The zero-order valence-corrected chi connectivity index (χ0v) is 17.4. The average molecular weight is 420 g/mol. The van der Waals surface area contributed by atoms with Crippen LogP contribution in [0.3, 0.4) is 0 Å². The molecule has 0 atom stereocenters. The Kier molecular flexibility index (Phi) is 5.02. The van der Waals surface area contributed by atoms with Crippen LogP contribution in [0, 0.1) is 11.8 Å². The molecule has 0 fully saturated rings. The molecule has 0 aliphatic carbocycles. The van der Waals surface area contributed by atoms with E-state index in [2.05, 4.69) is 21.9 Å². The molecule has 3 aromatic heterocycles. The fraction of sp³-hybridized carbons (Fsp3) is 0.182. The Labute approximate surface area is 177 Å². The number of pyridine rings is 1. The minimum atomic E-state index is -0.565. The summed E-state index contributed by atoms with van der Waals surface area (Å²) in [5.41, 5.74) is 0.993. The SMILES string of the molecule is CC(C)n1c(=O)n(-c2ncc(C#Cc3ccccc3)cc2Cl)c(=O)c2nn(C)cc21. The molecule has 3 heterocycles. The van der Waals surface area contributed by atoms with Gasteiger partial charge in [-0.2, -0.15) is 5.10 Å². The minimum absolute atomic E-state index is 0.0545. The van der Waals surface area contributed by atoms with Crippen molar-refractivity contribution in [3.63, 3.8) is 0 Å². The van der Waals surface area contributed by atoms with Crippen LogP contribution in [0.15, 0.2) is 58.4 Å². The highest BCUT2D eigenvalue weighted by Crippen LogP contribution is 2.19. The van der Waals surface area contributed by atoms with E-state index in [0.717, 1.165) is 10.1 Å². The number of fused-ring (bicyclic) bond motifs is 1. The van der Waals surface area contributed by atoms with Gasteiger partial charge in [0.05, 0.1) is 10.5 Å². The van der Waals surface area contributed by atoms with Crippen LogP contribution in [0.1, 0.15) is 31.0 Å². The number of nitrogens with zero attached hydrogens (tertiary/aromatic N) is 5. The first-order valence-corrected chi connectivity index (χ1v) is 9.68. The van der Waals surface area contributed by atoms with E-state index in [9.17, 15) is 9.59 Å². The van der Waals surface area contributed by atoms with Gasteiger partial charge in [-0.15, -0.1) is 0 Å². The maximum atomic E-state index is 13.2. The van der Waals surface area contributed by atoms with Gasteiger partial charge in [-0.3, -0.25) is 14.0 Å². The van der Waals surface area contributed by atoms with Crippen molar-refractivity contribution in [3.8, 4) is 17.7 Å². The summed E-state index contributed by atoms with van der Waals surface area (Å²) in [6.45, 7) is 3.72. The minimum Gasteiger partial charge on any atom is -0.287 e. The van der Waals surface area contributed by atoms with Crippen molar-refractivity contribution >= 4 is 22.6 Å². The molecular formula is C22H18ClN5O2. The van der Waals surface area contributed by atoms with Gasteiger partial charge in [0.25, 0.3) is 5.56 Å². The molecule has 0 bridgehead atoms. The summed E-state index contributed by atoms with van der Waals surface area (Å²) in [6.07, 6.45) is 3.14. The monoisotopic (exact) mass is 419 g/mol. The predicted octanol–water partition coefficient (Wildman–Crippen LogP) is 2.92. The molecule has 0 amide bonds. The number of rotatable bonds is 2. The zero-order valence-electron chi connectivity index (χ0n) is 16.6. The number of halogens is 1. The van der Waals surface area contributed by atoms with Crippen molar-refractivity contribution < 1.29 is 0 Å². The Balaban J connectivity index is 1.88. The summed E-state index contributed by atoms with van der Waals surface area (Å²) in [4.78, 5) is 30.5. The maximum absolute atomic E-state index is 13.2. The van der Waals surface area contributed by atoms with E-state index in [1.165, 1.54) is 15.4 Å². The number of aromatic nitrogens is 5. The fourth-order valence-electron chi connectivity index (χ4n) is 3.22. The van der Waals surface area contributed by atoms with Crippen LogP contribution in [0.5, 0.6) is 0 Å². The first-order chi connectivity index (χ1) is 14.4. The molecule has 0 saturated carbocycles. The summed E-state index contributed by atoms with van der Waals surface area (Å²) >= 11 is 6.41. The third-order valence-electron chi connectivity index (χ3n) is 4.55. The van der Waals surface area contributed by atoms with Crippen LogP contribution in [-0.4, -0.2) is 23.9 Å². The van der Waals surface area contributed by atoms with Gasteiger partial charge in [-0.1, -0.05) is 41.6 Å². The molecule has 0 unspecified atom stereocenters. The van der Waals surface area contributed by atoms with E-state index in [0.29, 0.717) is 11.1 Å². The molecule has 150 valence electrons. The Morgan fingerprint density at radius 2 is 1.77 bits per heavy atom. The van der Waals surface area contributed by atoms with Gasteiger partial charge < -0.3 is 0 Å². The lowest BCUT2D eigenvalue weighted by molar-refractivity contribution is 0.568. The van der Waals surface area contributed by atoms with Crippen LogP contribution in [0.25, 0.3) is 16.9 Å². The summed E-state index contributed by atoms with van der Waals surface area (Å²) in [5.74, 6) is 6.07. The molecule has 4 aromatic rings. The molecule has 8 heteroatoms. The number of aryl methyl sites for hydroxylation is 1. The van der Waals surface area contributed by atoms with Gasteiger partial charge in [0, 0.05) is 36.6 Å². The van der Waals surface area contributed by atoms with E-state index in [-0.39, 0.29) is 22.4 Å². The molecule has 7 nitrogen and oxygen atoms in total. The molecule has 0 N–H and O–H groups in total. The fourth-order valence-corrected chi connectivity index (χ4v) is 3.47. The summed E-state index contributed by atoms with van der Waals surface area (Å²) < 4.78 is 3.98. The molecule has 1 aromatic carbocycles. The summed E-state index contributed by atoms with van der Waals surface area (Å²) in [7, 11) is 1.70. The van der Waals surface area contributed by atoms with E-state index >= 15 is 0 Å². The number of hydrogen-bond donors (Lipinski definition) is 0. The molecule has 4 rings (SSSR count). The summed E-state index contributed by atoms with van der Waals surface area (Å²) in [6, 6.07) is 10.9. The highest BCUT2D eigenvalue weighted by Gasteiger charge is 2.21. The Morgan fingerprint density at radius 1 is 1.07 bits per heavy atom. The Morgan fingerprint density at radius 3 is 2.43 bits per heavy atom. The highest BCUT2D eigenvalue weighted by atomic mass is 35.5. The first kappa shape index (κ1) is 19.7. The lowest BCUT2D eigenvalue weighted by atomic mass is 10.2. The molecule has 30 heavy (non-hydrogen) atoms. The molecule has 0 aliphatic rings. The first-order valence-electron chi connectivity index (χ1n) is 9.30. The van der Waals surface area contributed by atoms with Crippen LogP contribution >= 0.6 is 11.6 Å². The Hall–Kier alpha value is -3.63. The molecule has 0 saturated heterocycles. The van der Waals surface area contributed by atoms with Gasteiger partial charge in [0.2, 0.25) is 0 Å². The summed E-state index contributed by atoms with van der Waals surface area (Å²) in [5, 5.41) is 4.38. The van der Waals surface area contributed by atoms with Gasteiger partial charge in [-0.05, 0) is 32.0 Å². The second-order valence-electron chi connectivity index (χ2n) is 7.07. The lowest BCUT2D eigenvalue weighted by Gasteiger charge is -2.14. The van der Waals surface area contributed by atoms with Gasteiger partial charge in [0.15, 0.2) is 11.3 Å². The van der Waals surface area contributed by atoms with Crippen molar-refractivity contribution in [2.24, 2.45) is 7.05 Å².